The van der Waals surface area contributed by atoms with Crippen LogP contribution in [0, 0.1) is 5.92 Å². The van der Waals surface area contributed by atoms with Crippen LogP contribution < -0.4 is 42.0 Å². The predicted molar refractivity (Wildman–Crippen MR) is 270 cm³/mol. The van der Waals surface area contributed by atoms with Crippen molar-refractivity contribution in [1.29, 1.82) is 0 Å². The van der Waals surface area contributed by atoms with E-state index in [0.717, 1.165) is 38.5 Å². The molecule has 2 heterocycles. The predicted octanol–water partition coefficient (Wildman–Crippen LogP) is 7.97. The Morgan fingerprint density at radius 3 is 1.81 bits per heavy atom. The average Bonchev–Trinajstić information content (AvgIpc) is 3.92. The highest BCUT2D eigenvalue weighted by atomic mass is 35.5. The molecule has 0 aliphatic carbocycles. The molecule has 2 aliphatic rings. The largest absolute Gasteiger partial charge is 0.507 e. The van der Waals surface area contributed by atoms with Gasteiger partial charge in [-0.25, -0.2) is 9.59 Å². The van der Waals surface area contributed by atoms with E-state index in [9.17, 15) is 42.3 Å². The third-order valence-corrected chi connectivity index (χ3v) is 13.3. The molecule has 4 atom stereocenters. The second kappa shape index (κ2) is 24.1. The molecule has 9 N–H and O–H groups in total. The molecule has 0 spiro atoms. The summed E-state index contributed by atoms with van der Waals surface area (Å²) in [7, 11) is 0. The van der Waals surface area contributed by atoms with Crippen LogP contribution in [0.5, 0.6) is 11.5 Å². The number of nitrogens with zero attached hydrogens (tertiary/aromatic N) is 2. The first kappa shape index (κ1) is 54.5. The zero-order valence-corrected chi connectivity index (χ0v) is 41.0. The Morgan fingerprint density at radius 2 is 1.29 bits per heavy atom. The van der Waals surface area contributed by atoms with Crippen molar-refractivity contribution in [2.75, 3.05) is 46.5 Å². The molecule has 5 aromatic carbocycles. The van der Waals surface area contributed by atoms with Crippen LogP contribution >= 0.6 is 23.2 Å². The number of aromatic hydroxyl groups is 1. The standard InChI is InChI=1S/C49H55Cl2N7O7.C2HF3O2/c1-28(2)46(52)48(63)56-37(13-8-20-54-49(53)64)47(62)55-32-18-16-29(17-19-32)27-65-41-22-39-45(36-12-6-4-10-34(36)41)31(24-51)26-58(39)43(61)15-7-14-42(60)57-25-30(23-50)44-35-11-5-3-9-33(35)40(59)21-38(44)57;3-2(4,5)1(6)7/h3-6,9-12,16-19,21-22,28,30-31,37,46,59H,7-8,13-15,20,23-27,52H2,1-2H3,(H,55,62)(H,56,63)(H3,53,54,64);(H,6,7)/t30-,31-,37+,46+;/m1./s1. The van der Waals surface area contributed by atoms with Crippen LogP contribution in [0.1, 0.15) is 74.5 Å². The van der Waals surface area contributed by atoms with Gasteiger partial charge in [0.05, 0.1) is 17.4 Å². The number of nitrogens with two attached hydrogens (primary N) is 2. The molecule has 0 aromatic heterocycles. The van der Waals surface area contributed by atoms with Crippen LogP contribution in [0.3, 0.4) is 0 Å². The molecule has 0 saturated heterocycles. The number of hydrogen-bond donors (Lipinski definition) is 7. The Hall–Kier alpha value is -6.83. The van der Waals surface area contributed by atoms with Gasteiger partial charge >= 0.3 is 18.2 Å². The lowest BCUT2D eigenvalue weighted by Crippen LogP contribution is -2.51. The fourth-order valence-corrected chi connectivity index (χ4v) is 9.28. The molecule has 6 amide bonds. The van der Waals surface area contributed by atoms with Gasteiger partial charge in [-0.1, -0.05) is 74.5 Å². The average molecular weight is 1040 g/mol. The molecule has 0 bridgehead atoms. The van der Waals surface area contributed by atoms with Crippen LogP contribution in [0.15, 0.2) is 84.9 Å². The van der Waals surface area contributed by atoms with Gasteiger partial charge in [-0.2, -0.15) is 13.2 Å². The van der Waals surface area contributed by atoms with Crippen LogP contribution in [0.2, 0.25) is 0 Å². The van der Waals surface area contributed by atoms with E-state index < -0.39 is 42.1 Å². The lowest BCUT2D eigenvalue weighted by atomic mass is 9.95. The van der Waals surface area contributed by atoms with Crippen molar-refractivity contribution in [3.05, 3.63) is 102 Å². The summed E-state index contributed by atoms with van der Waals surface area (Å²) in [6.45, 7) is 4.86. The summed E-state index contributed by atoms with van der Waals surface area (Å²) in [5, 5.41) is 29.5. The van der Waals surface area contributed by atoms with Crippen LogP contribution in [0.4, 0.5) is 35.0 Å². The van der Waals surface area contributed by atoms with Gasteiger partial charge in [-0.05, 0) is 64.8 Å². The fourth-order valence-electron chi connectivity index (χ4n) is 8.78. The summed E-state index contributed by atoms with van der Waals surface area (Å²) in [5.41, 5.74) is 15.8. The molecule has 0 fully saturated rings. The van der Waals surface area contributed by atoms with Crippen molar-refractivity contribution in [3.63, 3.8) is 0 Å². The Bertz CT molecular complexity index is 2820. The van der Waals surface area contributed by atoms with Crippen molar-refractivity contribution in [2.24, 2.45) is 17.4 Å². The van der Waals surface area contributed by atoms with E-state index in [-0.39, 0.29) is 67.7 Å². The number of hydrogen-bond acceptors (Lipinski definition) is 9. The van der Waals surface area contributed by atoms with Gasteiger partial charge in [-0.3, -0.25) is 19.2 Å². The van der Waals surface area contributed by atoms with Crippen molar-refractivity contribution >= 4 is 97.4 Å². The van der Waals surface area contributed by atoms with E-state index in [2.05, 4.69) is 16.0 Å². The molecule has 21 heteroatoms. The van der Waals surface area contributed by atoms with E-state index in [1.165, 1.54) is 0 Å². The number of carbonyl (C=O) groups excluding carboxylic acids is 5. The first-order valence-corrected chi connectivity index (χ1v) is 24.3. The number of benzene rings is 5. The van der Waals surface area contributed by atoms with Crippen LogP contribution in [-0.4, -0.2) is 95.5 Å². The summed E-state index contributed by atoms with van der Waals surface area (Å²) < 4.78 is 38.2. The highest BCUT2D eigenvalue weighted by Gasteiger charge is 2.39. The molecule has 5 aromatic rings. The van der Waals surface area contributed by atoms with Gasteiger partial charge in [0.1, 0.15) is 24.1 Å². The maximum Gasteiger partial charge on any atom is 0.490 e. The summed E-state index contributed by atoms with van der Waals surface area (Å²) in [6, 6.07) is 23.7. The molecule has 72 heavy (non-hydrogen) atoms. The van der Waals surface area contributed by atoms with Crippen LogP contribution in [0.25, 0.3) is 21.5 Å². The second-order valence-corrected chi connectivity index (χ2v) is 18.5. The quantitative estimate of drug-likeness (QED) is 0.0329. The molecule has 2 aliphatic heterocycles. The number of nitrogens with one attached hydrogen (secondary N) is 3. The minimum Gasteiger partial charge on any atom is -0.507 e. The summed E-state index contributed by atoms with van der Waals surface area (Å²) in [5.74, 6) is -2.90. The van der Waals surface area contributed by atoms with Crippen LogP contribution in [-0.2, 0) is 30.6 Å². The van der Waals surface area contributed by atoms with Gasteiger partial charge < -0.3 is 52.2 Å². The molecule has 7 rings (SSSR count). The highest BCUT2D eigenvalue weighted by molar-refractivity contribution is 6.19. The molecule has 0 unspecified atom stereocenters. The zero-order valence-electron chi connectivity index (χ0n) is 39.4. The molecule has 16 nitrogen and oxygen atoms in total. The number of aliphatic carboxylic acids is 1. The number of carboxylic acids is 1. The van der Waals surface area contributed by atoms with E-state index in [1.54, 1.807) is 28.0 Å². The van der Waals surface area contributed by atoms with Gasteiger partial charge in [0, 0.05) is 84.7 Å². The smallest absolute Gasteiger partial charge is 0.490 e. The van der Waals surface area contributed by atoms with Gasteiger partial charge in [0.25, 0.3) is 0 Å². The van der Waals surface area contributed by atoms with Gasteiger partial charge in [0.15, 0.2) is 0 Å². The SMILES string of the molecule is CC(C)[C@H](N)C(=O)N[C@@H](CCCNC(N)=O)C(=O)Nc1ccc(COc2cc3c(c4ccccc24)[C@H](CCl)CN3C(=O)CCCC(=O)N2C[C@@H](CCl)c3c2cc(O)c2ccccc32)cc1.O=C(O)C(F)(F)F. The normalized spacial score (nSPS) is 15.8. The van der Waals surface area contributed by atoms with Gasteiger partial charge in [0.2, 0.25) is 23.6 Å². The monoisotopic (exact) mass is 1040 g/mol. The minimum absolute atomic E-state index is 0.0826. The van der Waals surface area contributed by atoms with Crippen molar-refractivity contribution in [3.8, 4) is 11.5 Å². The number of halogens is 5. The Kier molecular flexibility index (Phi) is 18.2. The number of alkyl halides is 5. The number of rotatable bonds is 18. The lowest BCUT2D eigenvalue weighted by Gasteiger charge is -2.22. The molecule has 0 radical (unpaired) electrons. The number of carbonyl (C=O) groups is 6. The number of ether oxygens (including phenoxy) is 1. The first-order chi connectivity index (χ1) is 34.2. The second-order valence-electron chi connectivity index (χ2n) is 17.8. The van der Waals surface area contributed by atoms with E-state index in [4.69, 9.17) is 49.3 Å². The van der Waals surface area contributed by atoms with E-state index >= 15 is 0 Å². The van der Waals surface area contributed by atoms with Crippen molar-refractivity contribution in [1.82, 2.24) is 10.6 Å². The fraction of sp³-hybridized carbons (Fsp3) is 0.373. The number of amides is 6. The summed E-state index contributed by atoms with van der Waals surface area (Å²) in [4.78, 5) is 77.4. The summed E-state index contributed by atoms with van der Waals surface area (Å²) >= 11 is 12.9. The van der Waals surface area contributed by atoms with Crippen molar-refractivity contribution < 1.29 is 56.9 Å². The van der Waals surface area contributed by atoms with E-state index in [0.29, 0.717) is 60.2 Å². The third kappa shape index (κ3) is 13.0. The molecule has 0 saturated carbocycles. The Balaban J connectivity index is 0.00000113. The number of primary amides is 1. The number of fused-ring (bicyclic) bond motifs is 6. The maximum atomic E-state index is 14.0. The molecule has 384 valence electrons. The highest BCUT2D eigenvalue weighted by Crippen LogP contribution is 2.47. The number of anilines is 3. The first-order valence-electron chi connectivity index (χ1n) is 23.2. The number of urea groups is 1. The maximum absolute atomic E-state index is 14.0. The zero-order chi connectivity index (χ0) is 52.4. The topological polar surface area (TPSA) is 247 Å². The van der Waals surface area contributed by atoms with E-state index in [1.807, 2.05) is 80.6 Å². The van der Waals surface area contributed by atoms with Crippen molar-refractivity contribution in [2.45, 2.75) is 82.7 Å². The third-order valence-electron chi connectivity index (χ3n) is 12.5. The number of phenolic OH excluding ortho intramolecular Hbond substituents is 1. The lowest BCUT2D eigenvalue weighted by molar-refractivity contribution is -0.192. The number of phenols is 1. The molecular formula is C51H56Cl2F3N7O9. The minimum atomic E-state index is -5.08. The Labute approximate surface area is 423 Å². The molecular weight excluding hydrogens is 983 g/mol. The van der Waals surface area contributed by atoms with Gasteiger partial charge in [-0.15, -0.1) is 23.2 Å². The Morgan fingerprint density at radius 1 is 0.778 bits per heavy atom. The summed E-state index contributed by atoms with van der Waals surface area (Å²) in [6.07, 6.45) is -3.84. The number of carboxylic acid groups (broad SMARTS) is 1.